The van der Waals surface area contributed by atoms with Crippen LogP contribution in [0.2, 0.25) is 0 Å². The van der Waals surface area contributed by atoms with Crippen LogP contribution in [0.25, 0.3) is 11.0 Å². The molecule has 0 bridgehead atoms. The number of fused-ring (bicyclic) bond motifs is 1. The molecule has 0 aliphatic heterocycles. The number of aromatic nitrogens is 3. The molecule has 1 aromatic carbocycles. The van der Waals surface area contributed by atoms with Gasteiger partial charge in [0.1, 0.15) is 16.3 Å². The molecule has 0 spiro atoms. The molecule has 0 fully saturated rings. The third kappa shape index (κ3) is 1.97. The van der Waals surface area contributed by atoms with Gasteiger partial charge in [-0.3, -0.25) is 0 Å². The van der Waals surface area contributed by atoms with Crippen molar-refractivity contribution in [3.63, 3.8) is 0 Å². The van der Waals surface area contributed by atoms with E-state index in [2.05, 4.69) is 21.5 Å². The van der Waals surface area contributed by atoms with E-state index >= 15 is 0 Å². The van der Waals surface area contributed by atoms with E-state index in [1.807, 2.05) is 29.8 Å². The van der Waals surface area contributed by atoms with Crippen LogP contribution in [-0.2, 0) is 0 Å². The Kier molecular flexibility index (Phi) is 3.12. The Bertz CT molecular complexity index is 758. The van der Waals surface area contributed by atoms with Crippen LogP contribution in [0.4, 0.5) is 0 Å². The highest BCUT2D eigenvalue weighted by Crippen LogP contribution is 2.29. The first-order chi connectivity index (χ1) is 9.22. The second-order valence-electron chi connectivity index (χ2n) is 4.20. The van der Waals surface area contributed by atoms with Gasteiger partial charge in [0, 0.05) is 11.6 Å². The molecule has 0 aliphatic carbocycles. The number of rotatable bonds is 3. The quantitative estimate of drug-likeness (QED) is 0.747. The number of benzene rings is 1. The van der Waals surface area contributed by atoms with Crippen LogP contribution >= 0.6 is 23.6 Å². The number of nitrogens with zero attached hydrogens (tertiary/aromatic N) is 2. The number of ether oxygens (including phenoxy) is 1. The Balaban J connectivity index is 2.24. The SMILES string of the molecule is COc1cccc2c1[nH]c(=S)n2C(C)c1nccs1. The molecule has 0 radical (unpaired) electrons. The van der Waals surface area contributed by atoms with Crippen molar-refractivity contribution in [1.82, 2.24) is 14.5 Å². The predicted octanol–water partition coefficient (Wildman–Crippen LogP) is 3.77. The van der Waals surface area contributed by atoms with E-state index in [1.54, 1.807) is 18.4 Å². The summed E-state index contributed by atoms with van der Waals surface area (Å²) >= 11 is 7.07. The van der Waals surface area contributed by atoms with Crippen molar-refractivity contribution in [1.29, 1.82) is 0 Å². The molecule has 19 heavy (non-hydrogen) atoms. The second-order valence-corrected chi connectivity index (χ2v) is 5.51. The van der Waals surface area contributed by atoms with Crippen LogP contribution in [0.15, 0.2) is 29.8 Å². The van der Waals surface area contributed by atoms with E-state index in [9.17, 15) is 0 Å². The molecular weight excluding hydrogens is 278 g/mol. The fraction of sp³-hybridized carbons (Fsp3) is 0.231. The summed E-state index contributed by atoms with van der Waals surface area (Å²) in [5, 5.41) is 3.02. The molecule has 98 valence electrons. The highest BCUT2D eigenvalue weighted by Gasteiger charge is 2.16. The molecule has 3 aromatic rings. The highest BCUT2D eigenvalue weighted by atomic mass is 32.1. The zero-order chi connectivity index (χ0) is 13.4. The lowest BCUT2D eigenvalue weighted by Gasteiger charge is -2.11. The van der Waals surface area contributed by atoms with Gasteiger partial charge >= 0.3 is 0 Å². The van der Waals surface area contributed by atoms with Crippen molar-refractivity contribution in [2.24, 2.45) is 0 Å². The summed E-state index contributed by atoms with van der Waals surface area (Å²) in [5.74, 6) is 0.800. The molecule has 1 unspecified atom stereocenters. The van der Waals surface area contributed by atoms with Crippen molar-refractivity contribution in [3.05, 3.63) is 39.6 Å². The Morgan fingerprint density at radius 3 is 3.00 bits per heavy atom. The standard InChI is InChI=1S/C13H13N3OS2/c1-8(12-14-6-7-19-12)16-9-4-3-5-10(17-2)11(9)15-13(16)18/h3-8H,1-2H3,(H,15,18). The molecule has 1 N–H and O–H groups in total. The molecule has 0 aliphatic rings. The van der Waals surface area contributed by atoms with Crippen LogP contribution in [0.1, 0.15) is 18.0 Å². The van der Waals surface area contributed by atoms with E-state index in [4.69, 9.17) is 17.0 Å². The van der Waals surface area contributed by atoms with E-state index < -0.39 is 0 Å². The summed E-state index contributed by atoms with van der Waals surface area (Å²) in [6, 6.07) is 6.03. The smallest absolute Gasteiger partial charge is 0.178 e. The lowest BCUT2D eigenvalue weighted by atomic mass is 10.2. The fourth-order valence-electron chi connectivity index (χ4n) is 2.23. The van der Waals surface area contributed by atoms with Crippen LogP contribution in [-0.4, -0.2) is 21.6 Å². The first kappa shape index (κ1) is 12.4. The Labute approximate surface area is 119 Å². The molecule has 0 saturated carbocycles. The summed E-state index contributed by atoms with van der Waals surface area (Å²) in [7, 11) is 1.66. The maximum Gasteiger partial charge on any atom is 0.178 e. The van der Waals surface area contributed by atoms with Gasteiger partial charge in [-0.05, 0) is 31.3 Å². The monoisotopic (exact) mass is 291 g/mol. The van der Waals surface area contributed by atoms with Gasteiger partial charge < -0.3 is 14.3 Å². The Morgan fingerprint density at radius 2 is 2.32 bits per heavy atom. The highest BCUT2D eigenvalue weighted by molar-refractivity contribution is 7.71. The third-order valence-electron chi connectivity index (χ3n) is 3.13. The Hall–Kier alpha value is -1.66. The first-order valence-corrected chi connectivity index (χ1v) is 7.17. The molecule has 4 nitrogen and oxygen atoms in total. The van der Waals surface area contributed by atoms with Gasteiger partial charge in [-0.15, -0.1) is 11.3 Å². The van der Waals surface area contributed by atoms with Gasteiger partial charge in [0.05, 0.1) is 18.7 Å². The summed E-state index contributed by atoms with van der Waals surface area (Å²) in [4.78, 5) is 7.59. The molecule has 6 heteroatoms. The average Bonchev–Trinajstić information content (AvgIpc) is 3.04. The predicted molar refractivity (Wildman–Crippen MR) is 79.6 cm³/mol. The van der Waals surface area contributed by atoms with Crippen molar-refractivity contribution in [3.8, 4) is 5.75 Å². The maximum absolute atomic E-state index is 5.44. The average molecular weight is 291 g/mol. The van der Waals surface area contributed by atoms with Crippen LogP contribution < -0.4 is 4.74 Å². The summed E-state index contributed by atoms with van der Waals surface area (Å²) in [5.41, 5.74) is 1.96. The fourth-order valence-corrected chi connectivity index (χ4v) is 3.27. The maximum atomic E-state index is 5.44. The molecule has 1 atom stereocenters. The number of hydrogen-bond donors (Lipinski definition) is 1. The molecular formula is C13H13N3OS2. The topological polar surface area (TPSA) is 42.8 Å². The lowest BCUT2D eigenvalue weighted by Crippen LogP contribution is -2.06. The number of hydrogen-bond acceptors (Lipinski definition) is 4. The molecule has 2 heterocycles. The van der Waals surface area contributed by atoms with E-state index in [1.165, 1.54) is 0 Å². The van der Waals surface area contributed by atoms with Crippen LogP contribution in [0, 0.1) is 4.77 Å². The van der Waals surface area contributed by atoms with Crippen molar-refractivity contribution in [2.75, 3.05) is 7.11 Å². The van der Waals surface area contributed by atoms with Gasteiger partial charge in [0.25, 0.3) is 0 Å². The normalized spacial score (nSPS) is 12.7. The van der Waals surface area contributed by atoms with Gasteiger partial charge in [0.2, 0.25) is 0 Å². The molecule has 0 amide bonds. The summed E-state index contributed by atoms with van der Waals surface area (Å²) in [6.45, 7) is 2.10. The zero-order valence-corrected chi connectivity index (χ0v) is 12.2. The second kappa shape index (κ2) is 4.79. The number of aromatic amines is 1. The molecule has 2 aromatic heterocycles. The van der Waals surface area contributed by atoms with Crippen molar-refractivity contribution < 1.29 is 4.74 Å². The minimum absolute atomic E-state index is 0.105. The van der Waals surface area contributed by atoms with Crippen molar-refractivity contribution >= 4 is 34.6 Å². The third-order valence-corrected chi connectivity index (χ3v) is 4.38. The Morgan fingerprint density at radius 1 is 1.47 bits per heavy atom. The number of methoxy groups -OCH3 is 1. The van der Waals surface area contributed by atoms with E-state index in [0.717, 1.165) is 21.8 Å². The number of thiazole rings is 1. The van der Waals surface area contributed by atoms with Gasteiger partial charge in [0.15, 0.2) is 4.77 Å². The minimum atomic E-state index is 0.105. The first-order valence-electron chi connectivity index (χ1n) is 5.89. The molecule has 0 saturated heterocycles. The zero-order valence-electron chi connectivity index (χ0n) is 10.6. The van der Waals surface area contributed by atoms with Gasteiger partial charge in [-0.1, -0.05) is 6.07 Å². The largest absolute Gasteiger partial charge is 0.494 e. The van der Waals surface area contributed by atoms with Gasteiger partial charge in [-0.25, -0.2) is 4.98 Å². The van der Waals surface area contributed by atoms with E-state index in [0.29, 0.717) is 4.77 Å². The van der Waals surface area contributed by atoms with Crippen LogP contribution in [0.5, 0.6) is 5.75 Å². The number of imidazole rings is 1. The number of nitrogens with one attached hydrogen (secondary N) is 1. The number of H-pyrrole nitrogens is 1. The van der Waals surface area contributed by atoms with Gasteiger partial charge in [-0.2, -0.15) is 0 Å². The van der Waals surface area contributed by atoms with E-state index in [-0.39, 0.29) is 6.04 Å². The summed E-state index contributed by atoms with van der Waals surface area (Å²) < 4.78 is 8.12. The summed E-state index contributed by atoms with van der Waals surface area (Å²) in [6.07, 6.45) is 1.82. The van der Waals surface area contributed by atoms with Crippen LogP contribution in [0.3, 0.4) is 0 Å². The molecule has 3 rings (SSSR count). The number of para-hydroxylation sites is 1. The minimum Gasteiger partial charge on any atom is -0.494 e. The van der Waals surface area contributed by atoms with Crippen molar-refractivity contribution in [2.45, 2.75) is 13.0 Å². The lowest BCUT2D eigenvalue weighted by molar-refractivity contribution is 0.419.